The molecule has 0 aliphatic heterocycles. The summed E-state index contributed by atoms with van der Waals surface area (Å²) in [7, 11) is -3.11. The van der Waals surface area contributed by atoms with E-state index in [0.29, 0.717) is 11.1 Å². The Morgan fingerprint density at radius 2 is 2.00 bits per heavy atom. The Balaban J connectivity index is 3.00. The molecule has 4 N–H and O–H groups in total. The fourth-order valence-corrected chi connectivity index (χ4v) is 2.68. The molecule has 0 heterocycles. The molecule has 0 amide bonds. The zero-order valence-corrected chi connectivity index (χ0v) is 11.8. The molecule has 8 nitrogen and oxygen atoms in total. The zero-order chi connectivity index (χ0) is 15.8. The number of nitrogens with zero attached hydrogens (tertiary/aromatic N) is 3. The topological polar surface area (TPSA) is 138 Å². The molecule has 110 valence electrons. The Hall–Kier alpha value is -2.52. The van der Waals surface area contributed by atoms with E-state index in [1.807, 2.05) is 0 Å². The molecule has 2 aromatic rings. The summed E-state index contributed by atoms with van der Waals surface area (Å²) in [5.41, 5.74) is 5.96. The molecule has 0 saturated carbocycles. The minimum absolute atomic E-state index is 0.113. The molecule has 0 atom stereocenters. The van der Waals surface area contributed by atoms with Crippen LogP contribution in [0.4, 0.5) is 17.1 Å². The normalized spacial score (nSPS) is 12.1. The first-order valence-corrected chi connectivity index (χ1v) is 7.07. The number of hydrogen-bond donors (Lipinski definition) is 3. The summed E-state index contributed by atoms with van der Waals surface area (Å²) < 4.78 is 31.9. The maximum Gasteiger partial charge on any atom is 0.296 e. The van der Waals surface area contributed by atoms with Gasteiger partial charge in [0, 0.05) is 7.05 Å². The van der Waals surface area contributed by atoms with Gasteiger partial charge in [-0.3, -0.25) is 9.55 Å². The Bertz CT molecular complexity index is 875. The van der Waals surface area contributed by atoms with Gasteiger partial charge < -0.3 is 10.8 Å². The van der Waals surface area contributed by atoms with Crippen molar-refractivity contribution in [3.05, 3.63) is 18.2 Å². The smallest absolute Gasteiger partial charge is 0.296 e. The third-order valence-electron chi connectivity index (χ3n) is 2.88. The van der Waals surface area contributed by atoms with E-state index in [9.17, 15) is 18.1 Å². The van der Waals surface area contributed by atoms with Gasteiger partial charge in [-0.15, -0.1) is 0 Å². The SMILES string of the molecule is C=Nc1c(S(=O)(=O)O)cc2ccc(N=NC)c(N)c2c1O. The van der Waals surface area contributed by atoms with Crippen molar-refractivity contribution in [1.29, 1.82) is 0 Å². The predicted molar refractivity (Wildman–Crippen MR) is 79.5 cm³/mol. The van der Waals surface area contributed by atoms with E-state index in [2.05, 4.69) is 21.9 Å². The molecular formula is C12H12N4O4S. The number of fused-ring (bicyclic) bond motifs is 1. The molecule has 0 aromatic heterocycles. The first kappa shape index (κ1) is 14.9. The van der Waals surface area contributed by atoms with Crippen LogP contribution in [0.5, 0.6) is 5.75 Å². The van der Waals surface area contributed by atoms with E-state index in [-0.39, 0.29) is 16.8 Å². The summed E-state index contributed by atoms with van der Waals surface area (Å²) in [4.78, 5) is 2.91. The summed E-state index contributed by atoms with van der Waals surface area (Å²) in [6, 6.07) is 4.16. The first-order valence-electron chi connectivity index (χ1n) is 5.63. The molecule has 0 spiro atoms. The van der Waals surface area contributed by atoms with E-state index in [4.69, 9.17) is 5.73 Å². The predicted octanol–water partition coefficient (Wildman–Crippen LogP) is 2.42. The highest BCUT2D eigenvalue weighted by molar-refractivity contribution is 7.86. The van der Waals surface area contributed by atoms with Gasteiger partial charge in [0.25, 0.3) is 10.1 Å². The highest BCUT2D eigenvalue weighted by Crippen LogP contribution is 2.45. The zero-order valence-electron chi connectivity index (χ0n) is 11.0. The second-order valence-corrected chi connectivity index (χ2v) is 5.49. The van der Waals surface area contributed by atoms with Crippen LogP contribution in [-0.4, -0.2) is 31.8 Å². The Labute approximate surface area is 120 Å². The van der Waals surface area contributed by atoms with E-state index < -0.39 is 20.8 Å². The lowest BCUT2D eigenvalue weighted by atomic mass is 10.1. The lowest BCUT2D eigenvalue weighted by molar-refractivity contribution is 0.472. The molecule has 2 aromatic carbocycles. The van der Waals surface area contributed by atoms with Gasteiger partial charge in [0.15, 0.2) is 5.75 Å². The van der Waals surface area contributed by atoms with Crippen molar-refractivity contribution in [2.24, 2.45) is 15.2 Å². The van der Waals surface area contributed by atoms with Crippen LogP contribution in [0, 0.1) is 0 Å². The van der Waals surface area contributed by atoms with E-state index in [0.717, 1.165) is 6.07 Å². The third kappa shape index (κ3) is 2.43. The molecule has 0 aliphatic rings. The van der Waals surface area contributed by atoms with Crippen molar-refractivity contribution in [3.63, 3.8) is 0 Å². The van der Waals surface area contributed by atoms with Gasteiger partial charge >= 0.3 is 0 Å². The monoisotopic (exact) mass is 308 g/mol. The fourth-order valence-electron chi connectivity index (χ4n) is 2.00. The van der Waals surface area contributed by atoms with Crippen molar-refractivity contribution in [2.45, 2.75) is 4.90 Å². The van der Waals surface area contributed by atoms with Crippen molar-refractivity contribution in [1.82, 2.24) is 0 Å². The molecule has 2 rings (SSSR count). The number of azo groups is 1. The molecular weight excluding hydrogens is 296 g/mol. The number of nitrogen functional groups attached to an aromatic ring is 1. The van der Waals surface area contributed by atoms with Crippen LogP contribution in [0.2, 0.25) is 0 Å². The summed E-state index contributed by atoms with van der Waals surface area (Å²) in [5, 5.41) is 18.1. The summed E-state index contributed by atoms with van der Waals surface area (Å²) in [5.74, 6) is -0.499. The Kier molecular flexibility index (Phi) is 3.62. The second kappa shape index (κ2) is 5.11. The number of phenolic OH excluding ortho intramolecular Hbond substituents is 1. The number of anilines is 1. The average Bonchev–Trinajstić information content (AvgIpc) is 2.40. The van der Waals surface area contributed by atoms with Crippen LogP contribution < -0.4 is 5.73 Å². The second-order valence-electron chi connectivity index (χ2n) is 4.10. The van der Waals surface area contributed by atoms with Crippen molar-refractivity contribution in [2.75, 3.05) is 12.8 Å². The van der Waals surface area contributed by atoms with Gasteiger partial charge in [-0.2, -0.15) is 18.6 Å². The minimum Gasteiger partial charge on any atom is -0.505 e. The Morgan fingerprint density at radius 1 is 1.33 bits per heavy atom. The number of phenols is 1. The molecule has 21 heavy (non-hydrogen) atoms. The van der Waals surface area contributed by atoms with Crippen molar-refractivity contribution in [3.8, 4) is 5.75 Å². The number of benzene rings is 2. The quantitative estimate of drug-likeness (QED) is 0.346. The molecule has 9 heteroatoms. The van der Waals surface area contributed by atoms with Crippen LogP contribution in [0.15, 0.2) is 38.3 Å². The molecule has 0 aliphatic carbocycles. The average molecular weight is 308 g/mol. The maximum absolute atomic E-state index is 11.4. The van der Waals surface area contributed by atoms with Gasteiger partial charge in [-0.1, -0.05) is 6.07 Å². The third-order valence-corrected chi connectivity index (χ3v) is 3.75. The molecule has 0 fully saturated rings. The standard InChI is InChI=1S/C12H12N4O4S/c1-14-11-8(21(18,19)20)5-6-3-4-7(16-15-2)10(13)9(6)12(11)17/h3-5,17H,1,13H2,2H3,(H,18,19,20). The van der Waals surface area contributed by atoms with Crippen LogP contribution >= 0.6 is 0 Å². The summed E-state index contributed by atoms with van der Waals surface area (Å²) in [6.45, 7) is 3.19. The molecule has 0 unspecified atom stereocenters. The van der Waals surface area contributed by atoms with Crippen molar-refractivity contribution >= 4 is 44.7 Å². The van der Waals surface area contributed by atoms with Gasteiger partial charge in [-0.05, 0) is 24.2 Å². The highest BCUT2D eigenvalue weighted by Gasteiger charge is 2.22. The number of aliphatic imine (C=N–C) groups is 1. The van der Waals surface area contributed by atoms with Crippen LogP contribution in [-0.2, 0) is 10.1 Å². The summed E-state index contributed by atoms with van der Waals surface area (Å²) >= 11 is 0. The minimum atomic E-state index is -4.57. The summed E-state index contributed by atoms with van der Waals surface area (Å²) in [6.07, 6.45) is 0. The van der Waals surface area contributed by atoms with Gasteiger partial charge in [0.1, 0.15) is 16.3 Å². The number of hydrogen-bond acceptors (Lipinski definition) is 7. The van der Waals surface area contributed by atoms with Gasteiger partial charge in [-0.25, -0.2) is 0 Å². The number of nitrogens with two attached hydrogens (primary N) is 1. The molecule has 0 radical (unpaired) electrons. The largest absolute Gasteiger partial charge is 0.505 e. The van der Waals surface area contributed by atoms with Crippen LogP contribution in [0.1, 0.15) is 0 Å². The van der Waals surface area contributed by atoms with Crippen molar-refractivity contribution < 1.29 is 18.1 Å². The number of rotatable bonds is 3. The molecule has 0 bridgehead atoms. The highest BCUT2D eigenvalue weighted by atomic mass is 32.2. The van der Waals surface area contributed by atoms with Gasteiger partial charge in [0.2, 0.25) is 0 Å². The van der Waals surface area contributed by atoms with E-state index in [1.165, 1.54) is 19.2 Å². The Morgan fingerprint density at radius 3 is 2.52 bits per heavy atom. The van der Waals surface area contributed by atoms with Gasteiger partial charge in [0.05, 0.1) is 11.1 Å². The van der Waals surface area contributed by atoms with E-state index in [1.54, 1.807) is 0 Å². The van der Waals surface area contributed by atoms with Crippen LogP contribution in [0.3, 0.4) is 0 Å². The van der Waals surface area contributed by atoms with E-state index >= 15 is 0 Å². The lowest BCUT2D eigenvalue weighted by Crippen LogP contribution is -2.00. The molecule has 0 saturated heterocycles. The maximum atomic E-state index is 11.4. The van der Waals surface area contributed by atoms with Crippen LogP contribution in [0.25, 0.3) is 10.8 Å². The number of aromatic hydroxyl groups is 1. The first-order chi connectivity index (χ1) is 9.81. The fraction of sp³-hybridized carbons (Fsp3) is 0.0833. The lowest BCUT2D eigenvalue weighted by Gasteiger charge is -2.11.